The van der Waals surface area contributed by atoms with Crippen molar-refractivity contribution in [2.45, 2.75) is 13.0 Å². The summed E-state index contributed by atoms with van der Waals surface area (Å²) in [7, 11) is 1.81. The van der Waals surface area contributed by atoms with Crippen LogP contribution in [-0.2, 0) is 7.05 Å². The van der Waals surface area contributed by atoms with Crippen LogP contribution in [0.1, 0.15) is 18.7 Å². The van der Waals surface area contributed by atoms with Crippen molar-refractivity contribution < 1.29 is 9.31 Å². The van der Waals surface area contributed by atoms with Crippen LogP contribution in [0.25, 0.3) is 0 Å². The number of hydrogen-bond donors (Lipinski definition) is 1. The summed E-state index contributed by atoms with van der Waals surface area (Å²) in [4.78, 5) is 9.77. The Labute approximate surface area is 109 Å². The number of aromatic nitrogens is 2. The molecule has 0 saturated heterocycles. The number of nitro groups is 1. The van der Waals surface area contributed by atoms with Crippen molar-refractivity contribution in [3.63, 3.8) is 0 Å². The van der Waals surface area contributed by atoms with Gasteiger partial charge in [-0.05, 0) is 19.1 Å². The molecule has 100 valence electrons. The maximum atomic E-state index is 13.5. The average Bonchev–Trinajstić information content (AvgIpc) is 2.75. The molecule has 1 heterocycles. The fraction of sp³-hybridized carbons (Fsp3) is 0.250. The minimum absolute atomic E-state index is 0.0895. The normalized spacial score (nSPS) is 12.2. The first kappa shape index (κ1) is 13.0. The minimum Gasteiger partial charge on any atom is -0.377 e. The monoisotopic (exact) mass is 264 g/mol. The smallest absolute Gasteiger partial charge is 0.304 e. The Morgan fingerprint density at radius 3 is 2.74 bits per heavy atom. The van der Waals surface area contributed by atoms with E-state index in [4.69, 9.17) is 0 Å². The summed E-state index contributed by atoms with van der Waals surface area (Å²) in [5, 5.41) is 17.6. The van der Waals surface area contributed by atoms with Crippen LogP contribution in [0.5, 0.6) is 0 Å². The first-order valence-corrected chi connectivity index (χ1v) is 5.67. The van der Waals surface area contributed by atoms with E-state index in [0.717, 1.165) is 17.8 Å². The van der Waals surface area contributed by atoms with Gasteiger partial charge >= 0.3 is 5.69 Å². The van der Waals surface area contributed by atoms with Gasteiger partial charge in [0.25, 0.3) is 0 Å². The molecule has 0 fully saturated rings. The lowest BCUT2D eigenvalue weighted by Crippen LogP contribution is -2.11. The summed E-state index contributed by atoms with van der Waals surface area (Å²) in [6.45, 7) is 1.90. The van der Waals surface area contributed by atoms with Gasteiger partial charge < -0.3 is 5.32 Å². The van der Waals surface area contributed by atoms with Gasteiger partial charge in [-0.25, -0.2) is 0 Å². The number of aryl methyl sites for hydroxylation is 1. The van der Waals surface area contributed by atoms with Crippen LogP contribution < -0.4 is 5.32 Å². The highest BCUT2D eigenvalue weighted by molar-refractivity contribution is 5.50. The fourth-order valence-corrected chi connectivity index (χ4v) is 1.88. The van der Waals surface area contributed by atoms with Crippen LogP contribution in [0.3, 0.4) is 0 Å². The molecular weight excluding hydrogens is 251 g/mol. The van der Waals surface area contributed by atoms with Crippen molar-refractivity contribution in [2.24, 2.45) is 7.05 Å². The van der Waals surface area contributed by atoms with Gasteiger partial charge in [-0.15, -0.1) is 0 Å². The lowest BCUT2D eigenvalue weighted by atomic mass is 10.2. The molecule has 2 aromatic rings. The van der Waals surface area contributed by atoms with E-state index >= 15 is 0 Å². The summed E-state index contributed by atoms with van der Waals surface area (Å²) in [5.74, 6) is -0.854. The van der Waals surface area contributed by atoms with E-state index in [-0.39, 0.29) is 6.04 Å². The number of benzene rings is 1. The Bertz CT molecular complexity index is 612. The zero-order valence-electron chi connectivity index (χ0n) is 10.5. The summed E-state index contributed by atoms with van der Waals surface area (Å²) in [6.07, 6.45) is 1.67. The molecule has 1 aromatic carbocycles. The molecule has 2 rings (SSSR count). The molecule has 1 N–H and O–H groups in total. The minimum atomic E-state index is -0.854. The molecule has 1 atom stereocenters. The van der Waals surface area contributed by atoms with Crippen molar-refractivity contribution in [1.29, 1.82) is 0 Å². The van der Waals surface area contributed by atoms with Gasteiger partial charge in [-0.3, -0.25) is 14.8 Å². The zero-order chi connectivity index (χ0) is 14.0. The molecule has 7 heteroatoms. The summed E-state index contributed by atoms with van der Waals surface area (Å²) < 4.78 is 15.2. The molecule has 19 heavy (non-hydrogen) atoms. The molecular formula is C12H13FN4O2. The van der Waals surface area contributed by atoms with Crippen molar-refractivity contribution in [3.8, 4) is 0 Å². The van der Waals surface area contributed by atoms with Gasteiger partial charge in [0.05, 0.1) is 16.7 Å². The molecule has 0 aliphatic carbocycles. The van der Waals surface area contributed by atoms with Gasteiger partial charge in [0.1, 0.15) is 0 Å². The lowest BCUT2D eigenvalue weighted by molar-refractivity contribution is -0.387. The Kier molecular flexibility index (Phi) is 3.46. The standard InChI is InChI=1S/C12H13FN4O2/c1-8(11-5-6-14-16(11)2)15-9-3-4-12(17(18)19)10(13)7-9/h3-8,15H,1-2H3. The van der Waals surface area contributed by atoms with E-state index in [1.54, 1.807) is 10.9 Å². The lowest BCUT2D eigenvalue weighted by Gasteiger charge is -2.15. The van der Waals surface area contributed by atoms with Crippen LogP contribution in [0.15, 0.2) is 30.5 Å². The fourth-order valence-electron chi connectivity index (χ4n) is 1.88. The predicted molar refractivity (Wildman–Crippen MR) is 68.3 cm³/mol. The van der Waals surface area contributed by atoms with Crippen LogP contribution in [0.2, 0.25) is 0 Å². The number of hydrogen-bond acceptors (Lipinski definition) is 4. The molecule has 0 amide bonds. The number of anilines is 1. The molecule has 1 unspecified atom stereocenters. The highest BCUT2D eigenvalue weighted by Crippen LogP contribution is 2.24. The van der Waals surface area contributed by atoms with Crippen molar-refractivity contribution >= 4 is 11.4 Å². The van der Waals surface area contributed by atoms with Gasteiger partial charge in [-0.1, -0.05) is 0 Å². The third-order valence-corrected chi connectivity index (χ3v) is 2.83. The van der Waals surface area contributed by atoms with Gasteiger partial charge in [0.15, 0.2) is 0 Å². The van der Waals surface area contributed by atoms with Crippen LogP contribution >= 0.6 is 0 Å². The summed E-state index contributed by atoms with van der Waals surface area (Å²) in [5.41, 5.74) is 0.884. The molecule has 0 saturated carbocycles. The topological polar surface area (TPSA) is 73.0 Å². The Morgan fingerprint density at radius 1 is 1.47 bits per heavy atom. The third kappa shape index (κ3) is 2.70. The third-order valence-electron chi connectivity index (χ3n) is 2.83. The molecule has 1 aromatic heterocycles. The Morgan fingerprint density at radius 2 is 2.21 bits per heavy atom. The van der Waals surface area contributed by atoms with E-state index < -0.39 is 16.4 Å². The number of nitro benzene ring substituents is 1. The highest BCUT2D eigenvalue weighted by atomic mass is 19.1. The maximum Gasteiger partial charge on any atom is 0.304 e. The maximum absolute atomic E-state index is 13.5. The molecule has 6 nitrogen and oxygen atoms in total. The van der Waals surface area contributed by atoms with Crippen molar-refractivity contribution in [2.75, 3.05) is 5.32 Å². The summed E-state index contributed by atoms with van der Waals surface area (Å²) in [6, 6.07) is 5.50. The first-order valence-electron chi connectivity index (χ1n) is 5.67. The number of rotatable bonds is 4. The number of halogens is 1. The molecule has 0 radical (unpaired) electrons. The Balaban J connectivity index is 2.18. The van der Waals surface area contributed by atoms with Crippen LogP contribution in [0.4, 0.5) is 15.8 Å². The van der Waals surface area contributed by atoms with E-state index in [1.165, 1.54) is 6.07 Å². The number of nitrogens with zero attached hydrogens (tertiary/aromatic N) is 3. The molecule has 0 aliphatic heterocycles. The van der Waals surface area contributed by atoms with Crippen molar-refractivity contribution in [3.05, 3.63) is 52.1 Å². The molecule has 0 spiro atoms. The second-order valence-electron chi connectivity index (χ2n) is 4.17. The Hall–Kier alpha value is -2.44. The van der Waals surface area contributed by atoms with Crippen molar-refractivity contribution in [1.82, 2.24) is 9.78 Å². The largest absolute Gasteiger partial charge is 0.377 e. The number of nitrogens with one attached hydrogen (secondary N) is 1. The quantitative estimate of drug-likeness (QED) is 0.680. The van der Waals surface area contributed by atoms with Crippen LogP contribution in [-0.4, -0.2) is 14.7 Å². The predicted octanol–water partition coefficient (Wildman–Crippen LogP) is 2.64. The second-order valence-corrected chi connectivity index (χ2v) is 4.17. The van der Waals surface area contributed by atoms with E-state index in [9.17, 15) is 14.5 Å². The van der Waals surface area contributed by atoms with Gasteiger partial charge in [0, 0.05) is 31.1 Å². The second kappa shape index (κ2) is 5.05. The highest BCUT2D eigenvalue weighted by Gasteiger charge is 2.15. The molecule has 0 bridgehead atoms. The van der Waals surface area contributed by atoms with Gasteiger partial charge in [-0.2, -0.15) is 9.49 Å². The SMILES string of the molecule is CC(Nc1ccc([N+](=O)[O-])c(F)c1)c1ccnn1C. The zero-order valence-corrected chi connectivity index (χ0v) is 10.5. The van der Waals surface area contributed by atoms with E-state index in [2.05, 4.69) is 10.4 Å². The van der Waals surface area contributed by atoms with E-state index in [0.29, 0.717) is 5.69 Å². The van der Waals surface area contributed by atoms with Crippen LogP contribution in [0, 0.1) is 15.9 Å². The van der Waals surface area contributed by atoms with E-state index in [1.807, 2.05) is 20.0 Å². The van der Waals surface area contributed by atoms with Gasteiger partial charge in [0.2, 0.25) is 5.82 Å². The average molecular weight is 264 g/mol. The summed E-state index contributed by atoms with van der Waals surface area (Å²) >= 11 is 0. The first-order chi connectivity index (χ1) is 8.99. The molecule has 0 aliphatic rings.